The molecule has 0 bridgehead atoms. The van der Waals surface area contributed by atoms with Crippen LogP contribution in [0.1, 0.15) is 30.0 Å². The zero-order valence-electron chi connectivity index (χ0n) is 12.1. The van der Waals surface area contributed by atoms with E-state index in [1.807, 2.05) is 5.38 Å². The molecule has 2 aromatic rings. The number of carbonyl (C=O) groups is 1. The third-order valence-electron chi connectivity index (χ3n) is 3.82. The maximum atomic E-state index is 12.1. The van der Waals surface area contributed by atoms with Gasteiger partial charge in [0.15, 0.2) is 5.13 Å². The van der Waals surface area contributed by atoms with E-state index in [1.165, 1.54) is 22.5 Å². The number of nitrogens with zero attached hydrogens (tertiary/aromatic N) is 2. The Balaban J connectivity index is 1.65. The zero-order chi connectivity index (χ0) is 14.7. The number of hydrogen-bond acceptors (Lipinski definition) is 4. The predicted octanol–water partition coefficient (Wildman–Crippen LogP) is 3.23. The summed E-state index contributed by atoms with van der Waals surface area (Å²) in [5, 5.41) is 5.39. The maximum absolute atomic E-state index is 12.1. The molecule has 1 fully saturated rings. The second-order valence-electron chi connectivity index (χ2n) is 5.43. The Labute approximate surface area is 128 Å². The largest absolute Gasteiger partial charge is 0.301 e. The molecule has 0 spiro atoms. The highest BCUT2D eigenvalue weighted by Crippen LogP contribution is 2.31. The lowest BCUT2D eigenvalue weighted by molar-refractivity contribution is -0.117. The van der Waals surface area contributed by atoms with E-state index in [0.29, 0.717) is 17.7 Å². The summed E-state index contributed by atoms with van der Waals surface area (Å²) < 4.78 is 0. The number of aryl methyl sites for hydroxylation is 1. The van der Waals surface area contributed by atoms with Crippen molar-refractivity contribution in [3.05, 3.63) is 47.0 Å². The molecular formula is C16H19N3OS. The Morgan fingerprint density at radius 2 is 2.43 bits per heavy atom. The second kappa shape index (κ2) is 6.37. The third-order valence-corrected chi connectivity index (χ3v) is 4.50. The van der Waals surface area contributed by atoms with Crippen LogP contribution in [-0.2, 0) is 4.79 Å². The standard InChI is InChI=1S/C16H19N3OS/c1-12-4-2-5-13(10-12)14-6-3-8-19(14)11-15(20)18-16-17-7-9-21-16/h2,4-5,7,9-10,14H,3,6,8,11H2,1H3,(H,17,18,20). The molecule has 3 rings (SSSR count). The van der Waals surface area contributed by atoms with Crippen LogP contribution in [0.3, 0.4) is 0 Å². The Morgan fingerprint density at radius 1 is 1.52 bits per heavy atom. The van der Waals surface area contributed by atoms with Crippen molar-refractivity contribution in [1.82, 2.24) is 9.88 Å². The van der Waals surface area contributed by atoms with E-state index in [-0.39, 0.29) is 5.91 Å². The van der Waals surface area contributed by atoms with Crippen molar-refractivity contribution in [2.24, 2.45) is 0 Å². The SMILES string of the molecule is Cc1cccc(C2CCCN2CC(=O)Nc2nccs2)c1. The van der Waals surface area contributed by atoms with Crippen molar-refractivity contribution < 1.29 is 4.79 Å². The number of nitrogens with one attached hydrogen (secondary N) is 1. The van der Waals surface area contributed by atoms with Crippen LogP contribution in [0.25, 0.3) is 0 Å². The lowest BCUT2D eigenvalue weighted by atomic mass is 10.0. The van der Waals surface area contributed by atoms with Crippen LogP contribution in [-0.4, -0.2) is 28.9 Å². The number of rotatable bonds is 4. The van der Waals surface area contributed by atoms with Gasteiger partial charge in [-0.1, -0.05) is 29.8 Å². The highest BCUT2D eigenvalue weighted by Gasteiger charge is 2.27. The molecule has 1 saturated heterocycles. The first-order chi connectivity index (χ1) is 10.2. The Kier molecular flexibility index (Phi) is 4.31. The molecule has 1 N–H and O–H groups in total. The monoisotopic (exact) mass is 301 g/mol. The van der Waals surface area contributed by atoms with Gasteiger partial charge in [0.1, 0.15) is 0 Å². The topological polar surface area (TPSA) is 45.2 Å². The molecule has 0 aliphatic carbocycles. The smallest absolute Gasteiger partial charge is 0.240 e. The molecular weight excluding hydrogens is 282 g/mol. The number of thiazole rings is 1. The fraction of sp³-hybridized carbons (Fsp3) is 0.375. The van der Waals surface area contributed by atoms with E-state index < -0.39 is 0 Å². The summed E-state index contributed by atoms with van der Waals surface area (Å²) >= 11 is 1.45. The average molecular weight is 301 g/mol. The number of likely N-dealkylation sites (tertiary alicyclic amines) is 1. The molecule has 1 aliphatic heterocycles. The van der Waals surface area contributed by atoms with Crippen molar-refractivity contribution in [1.29, 1.82) is 0 Å². The summed E-state index contributed by atoms with van der Waals surface area (Å²) in [6, 6.07) is 8.94. The quantitative estimate of drug-likeness (QED) is 0.943. The van der Waals surface area contributed by atoms with Gasteiger partial charge in [0.05, 0.1) is 6.54 Å². The highest BCUT2D eigenvalue weighted by atomic mass is 32.1. The van der Waals surface area contributed by atoms with Gasteiger partial charge in [0.2, 0.25) is 5.91 Å². The van der Waals surface area contributed by atoms with Crippen LogP contribution in [0.5, 0.6) is 0 Å². The second-order valence-corrected chi connectivity index (χ2v) is 6.32. The highest BCUT2D eigenvalue weighted by molar-refractivity contribution is 7.13. The molecule has 110 valence electrons. The normalized spacial score (nSPS) is 18.8. The summed E-state index contributed by atoms with van der Waals surface area (Å²) in [7, 11) is 0. The van der Waals surface area contributed by atoms with Crippen LogP contribution < -0.4 is 5.32 Å². The van der Waals surface area contributed by atoms with Crippen molar-refractivity contribution in [3.63, 3.8) is 0 Å². The molecule has 1 unspecified atom stereocenters. The van der Waals surface area contributed by atoms with Gasteiger partial charge in [0.25, 0.3) is 0 Å². The zero-order valence-corrected chi connectivity index (χ0v) is 12.9. The molecule has 1 amide bonds. The van der Waals surface area contributed by atoms with Crippen LogP contribution in [0, 0.1) is 6.92 Å². The fourth-order valence-corrected chi connectivity index (χ4v) is 3.44. The van der Waals surface area contributed by atoms with E-state index >= 15 is 0 Å². The molecule has 2 heterocycles. The first-order valence-electron chi connectivity index (χ1n) is 7.22. The third kappa shape index (κ3) is 3.49. The molecule has 0 saturated carbocycles. The van der Waals surface area contributed by atoms with E-state index in [2.05, 4.69) is 46.4 Å². The summed E-state index contributed by atoms with van der Waals surface area (Å²) in [6.45, 7) is 3.51. The lowest BCUT2D eigenvalue weighted by Gasteiger charge is -2.24. The lowest BCUT2D eigenvalue weighted by Crippen LogP contribution is -2.32. The van der Waals surface area contributed by atoms with E-state index in [4.69, 9.17) is 0 Å². The Morgan fingerprint density at radius 3 is 3.19 bits per heavy atom. The van der Waals surface area contributed by atoms with Gasteiger partial charge >= 0.3 is 0 Å². The summed E-state index contributed by atoms with van der Waals surface area (Å²) in [5.74, 6) is 0.0181. The van der Waals surface area contributed by atoms with Gasteiger partial charge in [-0.25, -0.2) is 4.98 Å². The number of anilines is 1. The van der Waals surface area contributed by atoms with E-state index in [1.54, 1.807) is 6.20 Å². The molecule has 0 radical (unpaired) electrons. The van der Waals surface area contributed by atoms with Gasteiger partial charge in [0, 0.05) is 17.6 Å². The van der Waals surface area contributed by atoms with E-state index in [9.17, 15) is 4.79 Å². The van der Waals surface area contributed by atoms with Crippen molar-refractivity contribution >= 4 is 22.4 Å². The maximum Gasteiger partial charge on any atom is 0.240 e. The average Bonchev–Trinajstić information content (AvgIpc) is 3.10. The minimum absolute atomic E-state index is 0.0181. The summed E-state index contributed by atoms with van der Waals surface area (Å²) in [6.07, 6.45) is 3.96. The number of benzene rings is 1. The first kappa shape index (κ1) is 14.2. The molecule has 1 aromatic carbocycles. The number of amides is 1. The number of aromatic nitrogens is 1. The van der Waals surface area contributed by atoms with Gasteiger partial charge in [-0.2, -0.15) is 0 Å². The van der Waals surface area contributed by atoms with Gasteiger partial charge < -0.3 is 5.32 Å². The molecule has 5 heteroatoms. The molecule has 21 heavy (non-hydrogen) atoms. The van der Waals surface area contributed by atoms with Gasteiger partial charge in [-0.05, 0) is 31.9 Å². The first-order valence-corrected chi connectivity index (χ1v) is 8.10. The van der Waals surface area contributed by atoms with Crippen LogP contribution >= 0.6 is 11.3 Å². The van der Waals surface area contributed by atoms with Crippen LogP contribution in [0.15, 0.2) is 35.8 Å². The van der Waals surface area contributed by atoms with E-state index in [0.717, 1.165) is 19.4 Å². The molecule has 1 atom stereocenters. The predicted molar refractivity (Wildman–Crippen MR) is 85.5 cm³/mol. The minimum atomic E-state index is 0.0181. The van der Waals surface area contributed by atoms with Crippen molar-refractivity contribution in [3.8, 4) is 0 Å². The van der Waals surface area contributed by atoms with Crippen LogP contribution in [0.2, 0.25) is 0 Å². The summed E-state index contributed by atoms with van der Waals surface area (Å²) in [5.41, 5.74) is 2.58. The molecule has 4 nitrogen and oxygen atoms in total. The Bertz CT molecular complexity index is 612. The van der Waals surface area contributed by atoms with Crippen LogP contribution in [0.4, 0.5) is 5.13 Å². The Hall–Kier alpha value is -1.72. The van der Waals surface area contributed by atoms with Gasteiger partial charge in [-0.15, -0.1) is 11.3 Å². The minimum Gasteiger partial charge on any atom is -0.301 e. The fourth-order valence-electron chi connectivity index (χ4n) is 2.90. The molecule has 1 aromatic heterocycles. The van der Waals surface area contributed by atoms with Crippen molar-refractivity contribution in [2.75, 3.05) is 18.4 Å². The number of carbonyl (C=O) groups excluding carboxylic acids is 1. The number of hydrogen-bond donors (Lipinski definition) is 1. The van der Waals surface area contributed by atoms with Crippen molar-refractivity contribution in [2.45, 2.75) is 25.8 Å². The van der Waals surface area contributed by atoms with Gasteiger partial charge in [-0.3, -0.25) is 9.69 Å². The molecule has 1 aliphatic rings. The summed E-state index contributed by atoms with van der Waals surface area (Å²) in [4.78, 5) is 18.5.